The summed E-state index contributed by atoms with van der Waals surface area (Å²) in [5.74, 6) is 3.47. The van der Waals surface area contributed by atoms with Crippen molar-refractivity contribution in [2.24, 2.45) is 0 Å². The van der Waals surface area contributed by atoms with E-state index in [4.69, 9.17) is 4.98 Å². The largest absolute Gasteiger partial charge is 0.353 e. The van der Waals surface area contributed by atoms with Gasteiger partial charge in [0.2, 0.25) is 11.1 Å². The number of aryl methyl sites for hydroxylation is 1. The van der Waals surface area contributed by atoms with Crippen molar-refractivity contribution in [3.05, 3.63) is 17.6 Å². The first-order valence-electron chi connectivity index (χ1n) is 8.46. The van der Waals surface area contributed by atoms with Crippen molar-refractivity contribution < 1.29 is 0 Å². The Morgan fingerprint density at radius 1 is 1.04 bits per heavy atom. The molecule has 4 rings (SSSR count). The van der Waals surface area contributed by atoms with E-state index in [-0.39, 0.29) is 0 Å². The second kappa shape index (κ2) is 6.16. The zero-order chi connectivity index (χ0) is 16.7. The van der Waals surface area contributed by atoms with Gasteiger partial charge in [0, 0.05) is 69.5 Å². The van der Waals surface area contributed by atoms with Crippen molar-refractivity contribution in [3.8, 4) is 0 Å². The lowest BCUT2D eigenvalue weighted by Gasteiger charge is -2.35. The Bertz CT molecular complexity index is 717. The van der Waals surface area contributed by atoms with Crippen molar-refractivity contribution in [2.45, 2.75) is 25.7 Å². The molecule has 24 heavy (non-hydrogen) atoms. The fraction of sp³-hybridized carbons (Fsp3) is 0.625. The first-order valence-corrected chi connectivity index (χ1v) is 9.24. The average molecular weight is 345 g/mol. The van der Waals surface area contributed by atoms with Crippen LogP contribution in [0.4, 0.5) is 16.9 Å². The molecule has 0 N–H and O–H groups in total. The molecule has 128 valence electrons. The van der Waals surface area contributed by atoms with E-state index in [1.165, 1.54) is 12.8 Å². The molecule has 8 heteroatoms. The van der Waals surface area contributed by atoms with Crippen LogP contribution < -0.4 is 14.7 Å². The Balaban J connectivity index is 1.43. The van der Waals surface area contributed by atoms with Crippen LogP contribution in [-0.2, 0) is 0 Å². The van der Waals surface area contributed by atoms with E-state index in [2.05, 4.69) is 30.2 Å². The number of rotatable bonds is 4. The van der Waals surface area contributed by atoms with E-state index in [9.17, 15) is 0 Å². The van der Waals surface area contributed by atoms with Crippen LogP contribution in [0.1, 0.15) is 30.3 Å². The minimum Gasteiger partial charge on any atom is -0.353 e. The average Bonchev–Trinajstić information content (AvgIpc) is 3.31. The standard InChI is InChI=1S/C16H23N7S/c1-11-10-13(18-15(17-11)21(2)3)22-6-8-23(9-7-22)16-19-14(20-24-16)12-4-5-12/h10,12H,4-9H2,1-3H3. The summed E-state index contributed by atoms with van der Waals surface area (Å²) in [6.07, 6.45) is 2.51. The monoisotopic (exact) mass is 345 g/mol. The molecular weight excluding hydrogens is 322 g/mol. The first-order chi connectivity index (χ1) is 11.6. The van der Waals surface area contributed by atoms with Crippen LogP contribution in [0.15, 0.2) is 6.07 Å². The van der Waals surface area contributed by atoms with E-state index in [1.807, 2.05) is 25.9 Å². The molecule has 0 spiro atoms. The predicted molar refractivity (Wildman–Crippen MR) is 97.4 cm³/mol. The zero-order valence-electron chi connectivity index (χ0n) is 14.4. The van der Waals surface area contributed by atoms with Crippen LogP contribution in [0, 0.1) is 6.92 Å². The van der Waals surface area contributed by atoms with E-state index in [0.29, 0.717) is 5.92 Å². The van der Waals surface area contributed by atoms with Crippen LogP contribution in [0.25, 0.3) is 0 Å². The third-order valence-corrected chi connectivity index (χ3v) is 5.27. The minimum absolute atomic E-state index is 0.629. The maximum atomic E-state index is 4.73. The van der Waals surface area contributed by atoms with Gasteiger partial charge in [-0.25, -0.2) is 9.97 Å². The van der Waals surface area contributed by atoms with Gasteiger partial charge in [-0.05, 0) is 19.8 Å². The minimum atomic E-state index is 0.629. The highest BCUT2D eigenvalue weighted by Crippen LogP contribution is 2.39. The Labute approximate surface area is 146 Å². The number of piperazine rings is 1. The van der Waals surface area contributed by atoms with Crippen molar-refractivity contribution in [1.29, 1.82) is 0 Å². The molecule has 1 saturated heterocycles. The SMILES string of the molecule is Cc1cc(N2CCN(c3nc(C4CC4)ns3)CC2)nc(N(C)C)n1. The maximum absolute atomic E-state index is 4.73. The highest BCUT2D eigenvalue weighted by atomic mass is 32.1. The molecule has 7 nitrogen and oxygen atoms in total. The van der Waals surface area contributed by atoms with Gasteiger partial charge in [0.25, 0.3) is 0 Å². The van der Waals surface area contributed by atoms with Crippen LogP contribution >= 0.6 is 11.5 Å². The lowest BCUT2D eigenvalue weighted by molar-refractivity contribution is 0.644. The normalized spacial score (nSPS) is 18.1. The molecule has 2 aliphatic rings. The zero-order valence-corrected chi connectivity index (χ0v) is 15.3. The predicted octanol–water partition coefficient (Wildman–Crippen LogP) is 1.91. The molecule has 1 aliphatic carbocycles. The first kappa shape index (κ1) is 15.6. The van der Waals surface area contributed by atoms with Gasteiger partial charge in [0.15, 0.2) is 0 Å². The summed E-state index contributed by atoms with van der Waals surface area (Å²) in [4.78, 5) is 20.5. The Kier molecular flexibility index (Phi) is 3.99. The fourth-order valence-electron chi connectivity index (χ4n) is 2.89. The molecule has 0 aromatic carbocycles. The topological polar surface area (TPSA) is 61.3 Å². The number of hydrogen-bond acceptors (Lipinski definition) is 8. The summed E-state index contributed by atoms with van der Waals surface area (Å²) < 4.78 is 4.52. The van der Waals surface area contributed by atoms with Gasteiger partial charge >= 0.3 is 0 Å². The molecule has 0 radical (unpaired) electrons. The van der Waals surface area contributed by atoms with Gasteiger partial charge in [-0.2, -0.15) is 9.36 Å². The molecule has 0 amide bonds. The molecule has 3 heterocycles. The molecule has 0 bridgehead atoms. The summed E-state index contributed by atoms with van der Waals surface area (Å²) in [5.41, 5.74) is 1.00. The summed E-state index contributed by atoms with van der Waals surface area (Å²) in [6.45, 7) is 5.83. The lowest BCUT2D eigenvalue weighted by atomic mass is 10.3. The fourth-order valence-corrected chi connectivity index (χ4v) is 3.69. The molecule has 2 aromatic heterocycles. The lowest BCUT2D eigenvalue weighted by Crippen LogP contribution is -2.47. The van der Waals surface area contributed by atoms with Crippen molar-refractivity contribution in [2.75, 3.05) is 55.0 Å². The summed E-state index contributed by atoms with van der Waals surface area (Å²) in [6, 6.07) is 2.07. The van der Waals surface area contributed by atoms with Crippen molar-refractivity contribution >= 4 is 28.4 Å². The maximum Gasteiger partial charge on any atom is 0.226 e. The van der Waals surface area contributed by atoms with Gasteiger partial charge in [0.05, 0.1) is 0 Å². The third-order valence-electron chi connectivity index (χ3n) is 4.48. The Morgan fingerprint density at radius 2 is 1.75 bits per heavy atom. The highest BCUT2D eigenvalue weighted by Gasteiger charge is 2.29. The van der Waals surface area contributed by atoms with Crippen LogP contribution in [0.3, 0.4) is 0 Å². The van der Waals surface area contributed by atoms with Crippen LogP contribution in [0.2, 0.25) is 0 Å². The summed E-state index contributed by atoms with van der Waals surface area (Å²) >= 11 is 1.54. The van der Waals surface area contributed by atoms with Gasteiger partial charge < -0.3 is 14.7 Å². The summed E-state index contributed by atoms with van der Waals surface area (Å²) in [7, 11) is 3.95. The quantitative estimate of drug-likeness (QED) is 0.839. The molecule has 1 saturated carbocycles. The van der Waals surface area contributed by atoms with E-state index >= 15 is 0 Å². The number of hydrogen-bond donors (Lipinski definition) is 0. The molecule has 2 fully saturated rings. The molecule has 0 unspecified atom stereocenters. The van der Waals surface area contributed by atoms with Crippen LogP contribution in [-0.4, -0.2) is 59.6 Å². The van der Waals surface area contributed by atoms with Gasteiger partial charge in [0.1, 0.15) is 11.6 Å². The van der Waals surface area contributed by atoms with Crippen LogP contribution in [0.5, 0.6) is 0 Å². The molecule has 1 aliphatic heterocycles. The molecular formula is C16H23N7S. The third kappa shape index (κ3) is 3.15. The number of nitrogens with zero attached hydrogens (tertiary/aromatic N) is 7. The van der Waals surface area contributed by atoms with Gasteiger partial charge in [-0.1, -0.05) is 0 Å². The van der Waals surface area contributed by atoms with E-state index in [0.717, 1.165) is 54.6 Å². The summed E-state index contributed by atoms with van der Waals surface area (Å²) in [5, 5.41) is 1.07. The Morgan fingerprint density at radius 3 is 2.42 bits per heavy atom. The smallest absolute Gasteiger partial charge is 0.226 e. The van der Waals surface area contributed by atoms with E-state index < -0.39 is 0 Å². The molecule has 2 aromatic rings. The number of aromatic nitrogens is 4. The van der Waals surface area contributed by atoms with E-state index in [1.54, 1.807) is 11.5 Å². The van der Waals surface area contributed by atoms with Gasteiger partial charge in [-0.15, -0.1) is 0 Å². The van der Waals surface area contributed by atoms with Gasteiger partial charge in [-0.3, -0.25) is 0 Å². The highest BCUT2D eigenvalue weighted by molar-refractivity contribution is 7.09. The van der Waals surface area contributed by atoms with Crippen molar-refractivity contribution in [3.63, 3.8) is 0 Å². The second-order valence-electron chi connectivity index (χ2n) is 6.75. The second-order valence-corrected chi connectivity index (χ2v) is 7.48. The number of anilines is 3. The van der Waals surface area contributed by atoms with Crippen molar-refractivity contribution in [1.82, 2.24) is 19.3 Å². The molecule has 0 atom stereocenters. The Hall–Kier alpha value is -1.96.